The highest BCUT2D eigenvalue weighted by Gasteiger charge is 2.18. The predicted octanol–water partition coefficient (Wildman–Crippen LogP) is 1.88. The summed E-state index contributed by atoms with van der Waals surface area (Å²) in [5, 5.41) is 0. The Morgan fingerprint density at radius 3 is 2.69 bits per heavy atom. The van der Waals surface area contributed by atoms with Crippen molar-refractivity contribution in [3.05, 3.63) is 28.8 Å². The first kappa shape index (κ1) is 9.57. The highest BCUT2D eigenvalue weighted by atomic mass is 19.3. The molecule has 0 spiro atoms. The zero-order valence-corrected chi connectivity index (χ0v) is 7.10. The molecule has 70 valence electrons. The molecule has 0 saturated carbocycles. The first-order valence-electron chi connectivity index (χ1n) is 3.52. The molecule has 0 radical (unpaired) electrons. The summed E-state index contributed by atoms with van der Waals surface area (Å²) in [6.07, 6.45) is 0.856. The normalized spacial score (nSPS) is 9.85. The molecule has 1 aromatic heterocycles. The standard InChI is InChI=1S/C8H7F2NO2/c1-4-5(2)11-3-6(9)7(4)8(12)13-10/h3H,1-2H3. The second-order valence-electron chi connectivity index (χ2n) is 2.56. The van der Waals surface area contributed by atoms with Crippen molar-refractivity contribution in [1.82, 2.24) is 4.98 Å². The molecule has 13 heavy (non-hydrogen) atoms. The van der Waals surface area contributed by atoms with Crippen LogP contribution in [0.5, 0.6) is 0 Å². The van der Waals surface area contributed by atoms with Gasteiger partial charge in [-0.3, -0.25) is 4.98 Å². The molecule has 0 saturated heterocycles. The molecule has 1 heterocycles. The van der Waals surface area contributed by atoms with E-state index >= 15 is 0 Å². The first-order chi connectivity index (χ1) is 6.07. The maximum atomic E-state index is 12.9. The Bertz CT molecular complexity index is 352. The summed E-state index contributed by atoms with van der Waals surface area (Å²) < 4.78 is 24.5. The van der Waals surface area contributed by atoms with E-state index < -0.39 is 17.3 Å². The van der Waals surface area contributed by atoms with Crippen LogP contribution in [-0.2, 0) is 4.94 Å². The largest absolute Gasteiger partial charge is 0.382 e. The van der Waals surface area contributed by atoms with E-state index in [9.17, 15) is 13.7 Å². The molecule has 1 aromatic rings. The topological polar surface area (TPSA) is 39.2 Å². The van der Waals surface area contributed by atoms with E-state index in [2.05, 4.69) is 9.93 Å². The van der Waals surface area contributed by atoms with Crippen molar-refractivity contribution in [3.63, 3.8) is 0 Å². The second kappa shape index (κ2) is 3.47. The number of carbonyl (C=O) groups is 1. The molecule has 3 nitrogen and oxygen atoms in total. The average molecular weight is 187 g/mol. The van der Waals surface area contributed by atoms with Crippen molar-refractivity contribution in [2.75, 3.05) is 0 Å². The highest BCUT2D eigenvalue weighted by Crippen LogP contribution is 2.15. The monoisotopic (exact) mass is 187 g/mol. The summed E-state index contributed by atoms with van der Waals surface area (Å²) >= 11 is 0. The van der Waals surface area contributed by atoms with Crippen LogP contribution >= 0.6 is 0 Å². The van der Waals surface area contributed by atoms with Gasteiger partial charge in [0.25, 0.3) is 0 Å². The fraction of sp³-hybridized carbons (Fsp3) is 0.250. The summed E-state index contributed by atoms with van der Waals surface area (Å²) in [7, 11) is 0. The average Bonchev–Trinajstić information content (AvgIpc) is 2.12. The molecule has 0 amide bonds. The van der Waals surface area contributed by atoms with Crippen LogP contribution in [-0.4, -0.2) is 11.0 Å². The van der Waals surface area contributed by atoms with Gasteiger partial charge in [0.1, 0.15) is 5.56 Å². The number of hydrogen-bond acceptors (Lipinski definition) is 3. The van der Waals surface area contributed by atoms with Crippen LogP contribution in [0.3, 0.4) is 0 Å². The summed E-state index contributed by atoms with van der Waals surface area (Å²) in [5.41, 5.74) is 0.333. The van der Waals surface area contributed by atoms with Crippen LogP contribution < -0.4 is 0 Å². The van der Waals surface area contributed by atoms with Crippen LogP contribution in [0.1, 0.15) is 21.6 Å². The van der Waals surface area contributed by atoms with E-state index in [4.69, 9.17) is 0 Å². The van der Waals surface area contributed by atoms with E-state index in [0.717, 1.165) is 6.20 Å². The Morgan fingerprint density at radius 1 is 1.54 bits per heavy atom. The van der Waals surface area contributed by atoms with Gasteiger partial charge in [-0.05, 0) is 19.4 Å². The quantitative estimate of drug-likeness (QED) is 0.673. The minimum Gasteiger partial charge on any atom is -0.258 e. The molecule has 0 atom stereocenters. The Kier molecular flexibility index (Phi) is 2.55. The van der Waals surface area contributed by atoms with Crippen LogP contribution in [0, 0.1) is 19.7 Å². The zero-order valence-electron chi connectivity index (χ0n) is 7.10. The minimum atomic E-state index is -1.33. The van der Waals surface area contributed by atoms with E-state index in [1.807, 2.05) is 0 Å². The van der Waals surface area contributed by atoms with Gasteiger partial charge in [0, 0.05) is 10.2 Å². The third-order valence-corrected chi connectivity index (χ3v) is 1.80. The number of hydrogen-bond donors (Lipinski definition) is 0. The SMILES string of the molecule is Cc1ncc(F)c(C(=O)OF)c1C. The molecule has 0 aliphatic carbocycles. The molecule has 0 aliphatic rings. The van der Waals surface area contributed by atoms with E-state index in [1.165, 1.54) is 6.92 Å². The molecule has 0 bridgehead atoms. The van der Waals surface area contributed by atoms with Crippen LogP contribution in [0.25, 0.3) is 0 Å². The van der Waals surface area contributed by atoms with Crippen LogP contribution in [0.2, 0.25) is 0 Å². The fourth-order valence-electron chi connectivity index (χ4n) is 0.964. The lowest BCUT2D eigenvalue weighted by atomic mass is 10.1. The van der Waals surface area contributed by atoms with Gasteiger partial charge in [-0.1, -0.05) is 0 Å². The summed E-state index contributed by atoms with van der Waals surface area (Å²) in [5.74, 6) is -2.22. The highest BCUT2D eigenvalue weighted by molar-refractivity contribution is 5.90. The van der Waals surface area contributed by atoms with Crippen LogP contribution in [0.4, 0.5) is 8.92 Å². The number of halogens is 2. The van der Waals surface area contributed by atoms with E-state index in [0.29, 0.717) is 5.69 Å². The number of rotatable bonds is 1. The number of pyridine rings is 1. The van der Waals surface area contributed by atoms with Crippen molar-refractivity contribution >= 4 is 5.97 Å². The van der Waals surface area contributed by atoms with Gasteiger partial charge in [0.15, 0.2) is 5.82 Å². The second-order valence-corrected chi connectivity index (χ2v) is 2.56. The van der Waals surface area contributed by atoms with E-state index in [-0.39, 0.29) is 5.56 Å². The number of carbonyl (C=O) groups excluding carboxylic acids is 1. The number of nitrogens with zero attached hydrogens (tertiary/aromatic N) is 1. The molecule has 0 aliphatic heterocycles. The molecule has 1 rings (SSSR count). The third kappa shape index (κ3) is 1.63. The summed E-state index contributed by atoms with van der Waals surface area (Å²) in [4.78, 5) is 17.3. The maximum absolute atomic E-state index is 12.9. The molecular formula is C8H7F2NO2. The Labute approximate surface area is 73.3 Å². The van der Waals surface area contributed by atoms with Crippen molar-refractivity contribution in [3.8, 4) is 0 Å². The molecule has 5 heteroatoms. The summed E-state index contributed by atoms with van der Waals surface area (Å²) in [6, 6.07) is 0. The summed E-state index contributed by atoms with van der Waals surface area (Å²) in [6.45, 7) is 3.06. The zero-order chi connectivity index (χ0) is 10.0. The lowest BCUT2D eigenvalue weighted by Gasteiger charge is -2.04. The number of aromatic nitrogens is 1. The van der Waals surface area contributed by atoms with Crippen molar-refractivity contribution in [1.29, 1.82) is 0 Å². The Morgan fingerprint density at radius 2 is 2.15 bits per heavy atom. The minimum absolute atomic E-state index is 0.280. The maximum Gasteiger partial charge on any atom is 0.382 e. The lowest BCUT2D eigenvalue weighted by molar-refractivity contribution is -0.0792. The fourth-order valence-corrected chi connectivity index (χ4v) is 0.964. The molecule has 0 fully saturated rings. The van der Waals surface area contributed by atoms with Crippen LogP contribution in [0.15, 0.2) is 6.20 Å². The molecular weight excluding hydrogens is 180 g/mol. The van der Waals surface area contributed by atoms with Gasteiger partial charge in [-0.25, -0.2) is 14.1 Å². The van der Waals surface area contributed by atoms with Crippen molar-refractivity contribution < 1.29 is 18.7 Å². The van der Waals surface area contributed by atoms with Gasteiger partial charge >= 0.3 is 5.97 Å². The third-order valence-electron chi connectivity index (χ3n) is 1.80. The Hall–Kier alpha value is -1.52. The van der Waals surface area contributed by atoms with Gasteiger partial charge in [0.05, 0.1) is 6.20 Å². The Balaban J connectivity index is 3.33. The van der Waals surface area contributed by atoms with Crippen molar-refractivity contribution in [2.45, 2.75) is 13.8 Å². The molecule has 0 aromatic carbocycles. The van der Waals surface area contributed by atoms with Gasteiger partial charge in [-0.2, -0.15) is 0 Å². The van der Waals surface area contributed by atoms with Gasteiger partial charge in [0.2, 0.25) is 0 Å². The lowest BCUT2D eigenvalue weighted by Crippen LogP contribution is -2.07. The van der Waals surface area contributed by atoms with Crippen molar-refractivity contribution in [2.24, 2.45) is 0 Å². The first-order valence-corrected chi connectivity index (χ1v) is 3.52. The number of aryl methyl sites for hydroxylation is 1. The molecule has 0 unspecified atom stereocenters. The molecule has 0 N–H and O–H groups in total. The predicted molar refractivity (Wildman–Crippen MR) is 40.2 cm³/mol. The van der Waals surface area contributed by atoms with Gasteiger partial charge in [-0.15, -0.1) is 0 Å². The van der Waals surface area contributed by atoms with Gasteiger partial charge < -0.3 is 0 Å². The van der Waals surface area contributed by atoms with E-state index in [1.54, 1.807) is 6.92 Å². The smallest absolute Gasteiger partial charge is 0.258 e.